The first-order valence-corrected chi connectivity index (χ1v) is 7.11. The lowest BCUT2D eigenvalue weighted by Gasteiger charge is -2.38. The highest BCUT2D eigenvalue weighted by Crippen LogP contribution is 2.20. The largest absolute Gasteiger partial charge is 0.381 e. The van der Waals surface area contributed by atoms with Crippen LogP contribution in [0.1, 0.15) is 38.5 Å². The van der Waals surface area contributed by atoms with Gasteiger partial charge in [0.1, 0.15) is 0 Å². The Morgan fingerprint density at radius 2 is 1.78 bits per heavy atom. The number of hydrogen-bond donors (Lipinski definition) is 2. The zero-order valence-corrected chi connectivity index (χ0v) is 11.1. The van der Waals surface area contributed by atoms with Crippen molar-refractivity contribution in [2.24, 2.45) is 5.73 Å². The first kappa shape index (κ1) is 13.6. The smallest absolute Gasteiger partial charge is 0.317 e. The van der Waals surface area contributed by atoms with Crippen molar-refractivity contribution in [3.05, 3.63) is 0 Å². The predicted octanol–water partition coefficient (Wildman–Crippen LogP) is 1.08. The van der Waals surface area contributed by atoms with E-state index in [1.807, 2.05) is 4.90 Å². The molecule has 0 atom stereocenters. The van der Waals surface area contributed by atoms with Crippen LogP contribution in [-0.2, 0) is 4.74 Å². The van der Waals surface area contributed by atoms with Gasteiger partial charge in [0.15, 0.2) is 0 Å². The molecule has 0 aromatic carbocycles. The first-order chi connectivity index (χ1) is 8.76. The molecular weight excluding hydrogens is 230 g/mol. The number of carbonyl (C=O) groups is 1. The Bertz CT molecular complexity index is 269. The van der Waals surface area contributed by atoms with Crippen LogP contribution in [0.2, 0.25) is 0 Å². The Morgan fingerprint density at radius 1 is 1.17 bits per heavy atom. The van der Waals surface area contributed by atoms with Gasteiger partial charge in [0.05, 0.1) is 5.54 Å². The van der Waals surface area contributed by atoms with Crippen molar-refractivity contribution < 1.29 is 9.53 Å². The van der Waals surface area contributed by atoms with Crippen LogP contribution in [0.25, 0.3) is 0 Å². The summed E-state index contributed by atoms with van der Waals surface area (Å²) < 4.78 is 5.35. The highest BCUT2D eigenvalue weighted by atomic mass is 16.5. The second-order valence-electron chi connectivity index (χ2n) is 5.43. The molecule has 2 amide bonds. The number of nitrogens with one attached hydrogen (secondary N) is 1. The van der Waals surface area contributed by atoms with Crippen molar-refractivity contribution in [1.29, 1.82) is 0 Å². The lowest BCUT2D eigenvalue weighted by Crippen LogP contribution is -2.59. The van der Waals surface area contributed by atoms with Gasteiger partial charge in [-0.05, 0) is 25.7 Å². The normalized spacial score (nSPS) is 24.4. The van der Waals surface area contributed by atoms with Crippen molar-refractivity contribution in [2.45, 2.75) is 44.1 Å². The molecular formula is C13H25N3O2. The van der Waals surface area contributed by atoms with Crippen LogP contribution < -0.4 is 11.1 Å². The van der Waals surface area contributed by atoms with E-state index in [2.05, 4.69) is 5.32 Å². The summed E-state index contributed by atoms with van der Waals surface area (Å²) in [5, 5.41) is 3.16. The first-order valence-electron chi connectivity index (χ1n) is 7.11. The maximum atomic E-state index is 12.3. The second-order valence-corrected chi connectivity index (χ2v) is 5.43. The van der Waals surface area contributed by atoms with Crippen molar-refractivity contribution in [3.63, 3.8) is 0 Å². The Labute approximate surface area is 109 Å². The van der Waals surface area contributed by atoms with Crippen molar-refractivity contribution >= 4 is 6.03 Å². The van der Waals surface area contributed by atoms with E-state index in [1.54, 1.807) is 0 Å². The van der Waals surface area contributed by atoms with Crippen LogP contribution in [-0.4, -0.2) is 49.3 Å². The van der Waals surface area contributed by atoms with E-state index in [0.717, 1.165) is 38.8 Å². The van der Waals surface area contributed by atoms with E-state index in [1.165, 1.54) is 12.8 Å². The van der Waals surface area contributed by atoms with Gasteiger partial charge in [0, 0.05) is 32.8 Å². The van der Waals surface area contributed by atoms with Gasteiger partial charge in [-0.15, -0.1) is 0 Å². The Kier molecular flexibility index (Phi) is 4.83. The minimum atomic E-state index is -0.248. The number of likely N-dealkylation sites (tertiary alicyclic amines) is 1. The minimum Gasteiger partial charge on any atom is -0.381 e. The molecule has 3 N–H and O–H groups in total. The third kappa shape index (κ3) is 3.36. The van der Waals surface area contributed by atoms with Crippen molar-refractivity contribution in [1.82, 2.24) is 10.2 Å². The lowest BCUT2D eigenvalue weighted by molar-refractivity contribution is 0.0431. The average molecular weight is 255 g/mol. The monoisotopic (exact) mass is 255 g/mol. The molecule has 0 unspecified atom stereocenters. The fourth-order valence-corrected chi connectivity index (χ4v) is 2.72. The lowest BCUT2D eigenvalue weighted by atomic mass is 9.90. The molecule has 2 rings (SSSR count). The molecule has 0 aromatic rings. The van der Waals surface area contributed by atoms with Gasteiger partial charge in [0.2, 0.25) is 0 Å². The number of nitrogens with zero attached hydrogens (tertiary/aromatic N) is 1. The average Bonchev–Trinajstić information content (AvgIpc) is 2.68. The predicted molar refractivity (Wildman–Crippen MR) is 70.4 cm³/mol. The number of amides is 2. The summed E-state index contributed by atoms with van der Waals surface area (Å²) in [5.41, 5.74) is 5.61. The topological polar surface area (TPSA) is 67.6 Å². The number of urea groups is 1. The summed E-state index contributed by atoms with van der Waals surface area (Å²) in [6.07, 6.45) is 6.35. The molecule has 2 saturated heterocycles. The summed E-state index contributed by atoms with van der Waals surface area (Å²) in [6.45, 7) is 3.64. The summed E-state index contributed by atoms with van der Waals surface area (Å²) in [7, 11) is 0. The van der Waals surface area contributed by atoms with Gasteiger partial charge >= 0.3 is 6.03 Å². The number of nitrogens with two attached hydrogens (primary N) is 1. The van der Waals surface area contributed by atoms with E-state index in [-0.39, 0.29) is 11.6 Å². The molecule has 0 aliphatic carbocycles. The third-order valence-corrected chi connectivity index (χ3v) is 4.11. The van der Waals surface area contributed by atoms with Crippen LogP contribution in [0.5, 0.6) is 0 Å². The third-order valence-electron chi connectivity index (χ3n) is 4.11. The molecule has 2 aliphatic rings. The van der Waals surface area contributed by atoms with Gasteiger partial charge in [-0.3, -0.25) is 0 Å². The molecule has 2 heterocycles. The fourth-order valence-electron chi connectivity index (χ4n) is 2.72. The molecule has 0 aromatic heterocycles. The zero-order valence-electron chi connectivity index (χ0n) is 11.1. The summed E-state index contributed by atoms with van der Waals surface area (Å²) in [5.74, 6) is 0. The van der Waals surface area contributed by atoms with Crippen LogP contribution in [0.3, 0.4) is 0 Å². The Balaban J connectivity index is 1.91. The molecule has 0 radical (unpaired) electrons. The molecule has 104 valence electrons. The van der Waals surface area contributed by atoms with E-state index < -0.39 is 0 Å². The quantitative estimate of drug-likeness (QED) is 0.776. The number of hydrogen-bond acceptors (Lipinski definition) is 3. The summed E-state index contributed by atoms with van der Waals surface area (Å²) in [6, 6.07) is 0.0595. The highest BCUT2D eigenvalue weighted by Gasteiger charge is 2.34. The minimum absolute atomic E-state index is 0.0595. The van der Waals surface area contributed by atoms with Gasteiger partial charge < -0.3 is 20.7 Å². The van der Waals surface area contributed by atoms with E-state index in [9.17, 15) is 4.79 Å². The Hall–Kier alpha value is -0.810. The second kappa shape index (κ2) is 6.38. The molecule has 0 saturated carbocycles. The van der Waals surface area contributed by atoms with Crippen LogP contribution in [0, 0.1) is 0 Å². The summed E-state index contributed by atoms with van der Waals surface area (Å²) >= 11 is 0. The van der Waals surface area contributed by atoms with Crippen LogP contribution >= 0.6 is 0 Å². The van der Waals surface area contributed by atoms with Gasteiger partial charge in [-0.25, -0.2) is 4.79 Å². The zero-order chi connectivity index (χ0) is 12.8. The van der Waals surface area contributed by atoms with Crippen LogP contribution in [0.15, 0.2) is 0 Å². The summed E-state index contributed by atoms with van der Waals surface area (Å²) in [4.78, 5) is 14.2. The van der Waals surface area contributed by atoms with Crippen molar-refractivity contribution in [3.8, 4) is 0 Å². The van der Waals surface area contributed by atoms with Crippen molar-refractivity contribution in [2.75, 3.05) is 32.8 Å². The Morgan fingerprint density at radius 3 is 2.33 bits per heavy atom. The molecule has 5 nitrogen and oxygen atoms in total. The van der Waals surface area contributed by atoms with E-state index in [0.29, 0.717) is 19.8 Å². The number of carbonyl (C=O) groups excluding carboxylic acids is 1. The molecule has 2 fully saturated rings. The molecule has 2 aliphatic heterocycles. The molecule has 0 spiro atoms. The number of rotatable bonds is 2. The van der Waals surface area contributed by atoms with Gasteiger partial charge in [-0.1, -0.05) is 12.8 Å². The maximum absolute atomic E-state index is 12.3. The standard InChI is InChI=1S/C13H25N3O2/c14-11-13(5-9-18-10-6-13)15-12(17)16-7-3-1-2-4-8-16/h1-11,14H2,(H,15,17). The van der Waals surface area contributed by atoms with E-state index in [4.69, 9.17) is 10.5 Å². The molecule has 18 heavy (non-hydrogen) atoms. The van der Waals surface area contributed by atoms with Crippen LogP contribution in [0.4, 0.5) is 4.79 Å². The van der Waals surface area contributed by atoms with Gasteiger partial charge in [-0.2, -0.15) is 0 Å². The highest BCUT2D eigenvalue weighted by molar-refractivity contribution is 5.75. The molecule has 5 heteroatoms. The SMILES string of the molecule is NCC1(NC(=O)N2CCCCCC2)CCOCC1. The maximum Gasteiger partial charge on any atom is 0.317 e. The van der Waals surface area contributed by atoms with E-state index >= 15 is 0 Å². The fraction of sp³-hybridized carbons (Fsp3) is 0.923. The molecule has 0 bridgehead atoms. The van der Waals surface area contributed by atoms with Gasteiger partial charge in [0.25, 0.3) is 0 Å². The number of ether oxygens (including phenoxy) is 1.